The van der Waals surface area contributed by atoms with Crippen molar-refractivity contribution in [2.45, 2.75) is 51.7 Å². The molecule has 2 aliphatic heterocycles. The van der Waals surface area contributed by atoms with Gasteiger partial charge in [-0.3, -0.25) is 9.59 Å². The molecule has 8 heteroatoms. The zero-order valence-electron chi connectivity index (χ0n) is 22.9. The molecule has 0 unspecified atom stereocenters. The fourth-order valence-electron chi connectivity index (χ4n) is 6.40. The van der Waals surface area contributed by atoms with Crippen molar-refractivity contribution in [1.82, 2.24) is 9.80 Å². The number of fused-ring (bicyclic) bond motifs is 2. The van der Waals surface area contributed by atoms with Crippen LogP contribution in [-0.4, -0.2) is 59.7 Å². The van der Waals surface area contributed by atoms with Crippen molar-refractivity contribution in [2.24, 2.45) is 23.7 Å². The average Bonchev–Trinajstić information content (AvgIpc) is 3.57. The summed E-state index contributed by atoms with van der Waals surface area (Å²) in [7, 11) is 0. The number of Topliss-reactive ketones (excluding diaryl/α,β-unsaturated/α-hetero) is 2. The van der Waals surface area contributed by atoms with Crippen LogP contribution in [0.25, 0.3) is 0 Å². The Bertz CT molecular complexity index is 1090. The molecule has 2 aromatic rings. The summed E-state index contributed by atoms with van der Waals surface area (Å²) in [6.07, 6.45) is 4.62. The van der Waals surface area contributed by atoms with Gasteiger partial charge in [0.1, 0.15) is 24.8 Å². The Morgan fingerprint density at radius 2 is 1.02 bits per heavy atom. The fraction of sp³-hybridized carbons (Fsp3) is 0.500. The second-order valence-corrected chi connectivity index (χ2v) is 11.3. The second kappa shape index (κ2) is 13.1. The van der Waals surface area contributed by atoms with Crippen LogP contribution in [0, 0.1) is 23.7 Å². The summed E-state index contributed by atoms with van der Waals surface area (Å²) in [5.74, 6) is 1.70. The van der Waals surface area contributed by atoms with E-state index in [2.05, 4.69) is 0 Å². The standard InChI is InChI=1S/2C16H19NO3/c2*18-15-7-6-13-8-9-17(10-14(13)15)16(19)20-11-12-4-2-1-3-5-12/h2*1-5,13-14H,6-11H2/t2*13-,14+/m10/s1. The first-order valence-electron chi connectivity index (χ1n) is 14.4. The molecule has 8 nitrogen and oxygen atoms in total. The van der Waals surface area contributed by atoms with Gasteiger partial charge in [-0.05, 0) is 48.6 Å². The summed E-state index contributed by atoms with van der Waals surface area (Å²) < 4.78 is 10.7. The van der Waals surface area contributed by atoms with Crippen LogP contribution >= 0.6 is 0 Å². The van der Waals surface area contributed by atoms with E-state index in [9.17, 15) is 19.2 Å². The first-order chi connectivity index (χ1) is 19.5. The van der Waals surface area contributed by atoms with Gasteiger partial charge in [0.15, 0.2) is 0 Å². The molecule has 2 amide bonds. The molecule has 6 rings (SSSR count). The Morgan fingerprint density at radius 3 is 1.43 bits per heavy atom. The van der Waals surface area contributed by atoms with Gasteiger partial charge < -0.3 is 19.3 Å². The Balaban J connectivity index is 0.000000161. The largest absolute Gasteiger partial charge is 0.445 e. The van der Waals surface area contributed by atoms with E-state index in [1.807, 2.05) is 60.7 Å². The average molecular weight is 547 g/mol. The van der Waals surface area contributed by atoms with Gasteiger partial charge in [-0.25, -0.2) is 9.59 Å². The number of carbonyl (C=O) groups excluding carboxylic acids is 4. The molecule has 2 saturated heterocycles. The Hall–Kier alpha value is -3.68. The number of piperidine rings is 2. The van der Waals surface area contributed by atoms with E-state index < -0.39 is 0 Å². The van der Waals surface area contributed by atoms with Crippen LogP contribution in [0.3, 0.4) is 0 Å². The molecule has 2 aliphatic carbocycles. The van der Waals surface area contributed by atoms with Gasteiger partial charge >= 0.3 is 12.2 Å². The number of rotatable bonds is 4. The highest BCUT2D eigenvalue weighted by Crippen LogP contribution is 2.36. The number of carbonyl (C=O) groups is 4. The lowest BCUT2D eigenvalue weighted by molar-refractivity contribution is -0.123. The van der Waals surface area contributed by atoms with E-state index in [1.165, 1.54) is 0 Å². The van der Waals surface area contributed by atoms with Gasteiger partial charge in [0.05, 0.1) is 0 Å². The van der Waals surface area contributed by atoms with E-state index in [4.69, 9.17) is 9.47 Å². The molecule has 2 saturated carbocycles. The van der Waals surface area contributed by atoms with Crippen LogP contribution in [0.15, 0.2) is 60.7 Å². The van der Waals surface area contributed by atoms with Gasteiger partial charge in [0, 0.05) is 50.9 Å². The third-order valence-corrected chi connectivity index (χ3v) is 8.79. The lowest BCUT2D eigenvalue weighted by Gasteiger charge is -2.33. The lowest BCUT2D eigenvalue weighted by atomic mass is 9.88. The molecule has 0 spiro atoms. The zero-order chi connectivity index (χ0) is 27.9. The Labute approximate surface area is 235 Å². The molecule has 4 fully saturated rings. The zero-order valence-corrected chi connectivity index (χ0v) is 22.9. The van der Waals surface area contributed by atoms with Crippen molar-refractivity contribution in [3.8, 4) is 0 Å². The van der Waals surface area contributed by atoms with Crippen molar-refractivity contribution < 1.29 is 28.7 Å². The van der Waals surface area contributed by atoms with Crippen molar-refractivity contribution in [3.63, 3.8) is 0 Å². The first-order valence-corrected chi connectivity index (χ1v) is 14.4. The molecule has 2 heterocycles. The minimum Gasteiger partial charge on any atom is -0.445 e. The van der Waals surface area contributed by atoms with Gasteiger partial charge in [-0.2, -0.15) is 0 Å². The monoisotopic (exact) mass is 546 g/mol. The third kappa shape index (κ3) is 6.90. The first kappa shape index (κ1) is 27.9. The van der Waals surface area contributed by atoms with Crippen molar-refractivity contribution >= 4 is 23.8 Å². The van der Waals surface area contributed by atoms with Gasteiger partial charge in [-0.1, -0.05) is 60.7 Å². The predicted molar refractivity (Wildman–Crippen MR) is 148 cm³/mol. The number of ketones is 2. The highest BCUT2D eigenvalue weighted by molar-refractivity contribution is 5.85. The maximum atomic E-state index is 12.1. The summed E-state index contributed by atoms with van der Waals surface area (Å²) in [5, 5.41) is 0. The Kier molecular flexibility index (Phi) is 9.14. The topological polar surface area (TPSA) is 93.2 Å². The summed E-state index contributed by atoms with van der Waals surface area (Å²) in [6.45, 7) is 3.08. The Morgan fingerprint density at radius 1 is 0.625 bits per heavy atom. The summed E-state index contributed by atoms with van der Waals surface area (Å²) in [6, 6.07) is 19.3. The lowest BCUT2D eigenvalue weighted by Crippen LogP contribution is -2.44. The minimum atomic E-state index is -0.299. The van der Waals surface area contributed by atoms with Crippen molar-refractivity contribution in [2.75, 3.05) is 26.2 Å². The normalized spacial score (nSPS) is 25.4. The van der Waals surface area contributed by atoms with Crippen LogP contribution in [0.5, 0.6) is 0 Å². The number of nitrogens with zero attached hydrogens (tertiary/aromatic N) is 2. The van der Waals surface area contributed by atoms with Gasteiger partial charge in [0.25, 0.3) is 0 Å². The molecular weight excluding hydrogens is 508 g/mol. The number of ether oxygens (including phenoxy) is 2. The van der Waals surface area contributed by atoms with E-state index in [1.54, 1.807) is 9.80 Å². The SMILES string of the molecule is O=C1CC[C@@H]2CCN(C(=O)OCc3ccccc3)C[C@H]12.O=C1CC[C@H]2CCN(C(=O)OCc3ccccc3)C[C@@H]12. The minimum absolute atomic E-state index is 0.0491. The quantitative estimate of drug-likeness (QED) is 0.520. The van der Waals surface area contributed by atoms with Crippen molar-refractivity contribution in [3.05, 3.63) is 71.8 Å². The van der Waals surface area contributed by atoms with E-state index in [0.29, 0.717) is 62.4 Å². The fourth-order valence-corrected chi connectivity index (χ4v) is 6.40. The molecule has 0 N–H and O–H groups in total. The maximum Gasteiger partial charge on any atom is 0.410 e. The van der Waals surface area contributed by atoms with Gasteiger partial charge in [-0.15, -0.1) is 0 Å². The molecule has 0 aromatic heterocycles. The van der Waals surface area contributed by atoms with Crippen molar-refractivity contribution in [1.29, 1.82) is 0 Å². The highest BCUT2D eigenvalue weighted by atomic mass is 16.6. The number of amides is 2. The highest BCUT2D eigenvalue weighted by Gasteiger charge is 2.41. The summed E-state index contributed by atoms with van der Waals surface area (Å²) in [5.41, 5.74) is 1.96. The maximum absolute atomic E-state index is 12.1. The molecular formula is C32H38N2O6. The van der Waals surface area contributed by atoms with Gasteiger partial charge in [0.2, 0.25) is 0 Å². The smallest absolute Gasteiger partial charge is 0.410 e. The number of likely N-dealkylation sites (tertiary alicyclic amines) is 2. The van der Waals surface area contributed by atoms with Crippen LogP contribution in [0.4, 0.5) is 9.59 Å². The van der Waals surface area contributed by atoms with Crippen LogP contribution in [-0.2, 0) is 32.3 Å². The molecule has 212 valence electrons. The number of hydrogen-bond acceptors (Lipinski definition) is 6. The number of hydrogen-bond donors (Lipinski definition) is 0. The molecule has 0 radical (unpaired) electrons. The third-order valence-electron chi connectivity index (χ3n) is 8.79. The summed E-state index contributed by atoms with van der Waals surface area (Å²) >= 11 is 0. The van der Waals surface area contributed by atoms with Crippen LogP contribution in [0.1, 0.15) is 49.7 Å². The molecule has 40 heavy (non-hydrogen) atoms. The number of benzene rings is 2. The molecule has 4 aliphatic rings. The van der Waals surface area contributed by atoms with E-state index in [0.717, 1.165) is 36.8 Å². The molecule has 4 atom stereocenters. The van der Waals surface area contributed by atoms with Crippen LogP contribution in [0.2, 0.25) is 0 Å². The van der Waals surface area contributed by atoms with E-state index in [-0.39, 0.29) is 37.2 Å². The van der Waals surface area contributed by atoms with E-state index >= 15 is 0 Å². The predicted octanol–water partition coefficient (Wildman–Crippen LogP) is 5.25. The molecule has 2 aromatic carbocycles. The molecule has 0 bridgehead atoms. The second-order valence-electron chi connectivity index (χ2n) is 11.3. The van der Waals surface area contributed by atoms with Crippen LogP contribution < -0.4 is 0 Å². The summed E-state index contributed by atoms with van der Waals surface area (Å²) in [4.78, 5) is 51.0.